The van der Waals surface area contributed by atoms with Gasteiger partial charge < -0.3 is 4.74 Å². The second-order valence-corrected chi connectivity index (χ2v) is 7.35. The Kier molecular flexibility index (Phi) is 6.68. The summed E-state index contributed by atoms with van der Waals surface area (Å²) in [6.45, 7) is 4.59. The number of halogens is 1. The second kappa shape index (κ2) is 9.20. The molecule has 148 valence electrons. The van der Waals surface area contributed by atoms with E-state index < -0.39 is 0 Å². The molecule has 28 heavy (non-hydrogen) atoms. The molecule has 2 aromatic heterocycles. The Labute approximate surface area is 170 Å². The molecular weight excluding hydrogens is 374 g/mol. The zero-order valence-electron chi connectivity index (χ0n) is 16.7. The number of hydrogen-bond acceptors (Lipinski definition) is 4. The number of rotatable bonds is 8. The van der Waals surface area contributed by atoms with Crippen LogP contribution >= 0.6 is 11.6 Å². The van der Waals surface area contributed by atoms with Crippen LogP contribution in [0.3, 0.4) is 0 Å². The van der Waals surface area contributed by atoms with Crippen LogP contribution in [0.4, 0.5) is 0 Å². The lowest BCUT2D eigenvalue weighted by Crippen LogP contribution is -2.25. The standard InChI is InChI=1S/C22H26ClN3O2/c1-4-5-6-7-8-13-26-21-20(25-15(2)22(26)27)18(11-12-24-21)17-10-9-16(28-3)14-19(17)23/h9-12,14H,4-8,13H2,1-3H3. The Bertz CT molecular complexity index is 1030. The van der Waals surface area contributed by atoms with Crippen LogP contribution in [-0.4, -0.2) is 21.6 Å². The molecule has 0 radical (unpaired) electrons. The van der Waals surface area contributed by atoms with Gasteiger partial charge in [-0.1, -0.05) is 44.2 Å². The molecule has 0 fully saturated rings. The van der Waals surface area contributed by atoms with Crippen molar-refractivity contribution >= 4 is 22.8 Å². The third-order valence-corrected chi connectivity index (χ3v) is 5.26. The molecule has 0 aliphatic heterocycles. The molecule has 1 aromatic carbocycles. The minimum atomic E-state index is -0.0755. The van der Waals surface area contributed by atoms with Gasteiger partial charge in [-0.25, -0.2) is 9.97 Å². The fourth-order valence-corrected chi connectivity index (χ4v) is 3.67. The summed E-state index contributed by atoms with van der Waals surface area (Å²) in [6.07, 6.45) is 7.38. The highest BCUT2D eigenvalue weighted by molar-refractivity contribution is 6.33. The number of hydrogen-bond donors (Lipinski definition) is 0. The summed E-state index contributed by atoms with van der Waals surface area (Å²) >= 11 is 6.49. The van der Waals surface area contributed by atoms with Crippen LogP contribution in [0.15, 0.2) is 35.3 Å². The average molecular weight is 400 g/mol. The molecule has 0 aliphatic rings. The zero-order chi connectivity index (χ0) is 20.1. The van der Waals surface area contributed by atoms with Crippen molar-refractivity contribution in [3.63, 3.8) is 0 Å². The molecule has 0 amide bonds. The van der Waals surface area contributed by atoms with Gasteiger partial charge in [0.2, 0.25) is 0 Å². The van der Waals surface area contributed by atoms with Gasteiger partial charge in [-0.15, -0.1) is 0 Å². The lowest BCUT2D eigenvalue weighted by molar-refractivity contribution is 0.415. The van der Waals surface area contributed by atoms with Crippen molar-refractivity contribution in [1.29, 1.82) is 0 Å². The minimum Gasteiger partial charge on any atom is -0.497 e. The van der Waals surface area contributed by atoms with E-state index >= 15 is 0 Å². The third-order valence-electron chi connectivity index (χ3n) is 4.95. The van der Waals surface area contributed by atoms with E-state index in [1.54, 1.807) is 30.9 Å². The zero-order valence-corrected chi connectivity index (χ0v) is 17.4. The van der Waals surface area contributed by atoms with Crippen LogP contribution in [0.1, 0.15) is 44.7 Å². The first-order valence-corrected chi connectivity index (χ1v) is 10.1. The van der Waals surface area contributed by atoms with E-state index in [0.29, 0.717) is 34.2 Å². The SMILES string of the molecule is CCCCCCCn1c(=O)c(C)nc2c(-c3ccc(OC)cc3Cl)ccnc21. The first kappa shape index (κ1) is 20.3. The molecule has 0 saturated heterocycles. The lowest BCUT2D eigenvalue weighted by Gasteiger charge is -2.14. The first-order valence-electron chi connectivity index (χ1n) is 9.77. The van der Waals surface area contributed by atoms with E-state index in [0.717, 1.165) is 24.0 Å². The molecule has 0 N–H and O–H groups in total. The topological polar surface area (TPSA) is 57.0 Å². The van der Waals surface area contributed by atoms with Gasteiger partial charge in [-0.2, -0.15) is 0 Å². The third kappa shape index (κ3) is 4.20. The average Bonchev–Trinajstić information content (AvgIpc) is 2.70. The highest BCUT2D eigenvalue weighted by atomic mass is 35.5. The Balaban J connectivity index is 2.06. The number of fused-ring (bicyclic) bond motifs is 1. The molecule has 6 heteroatoms. The molecular formula is C22H26ClN3O2. The van der Waals surface area contributed by atoms with Crippen LogP contribution in [0, 0.1) is 6.92 Å². The Morgan fingerprint density at radius 1 is 1.11 bits per heavy atom. The summed E-state index contributed by atoms with van der Waals surface area (Å²) in [4.78, 5) is 21.8. The maximum atomic E-state index is 12.7. The summed E-state index contributed by atoms with van der Waals surface area (Å²) in [5.41, 5.74) is 3.40. The van der Waals surface area contributed by atoms with E-state index in [9.17, 15) is 4.79 Å². The van der Waals surface area contributed by atoms with Crippen LogP contribution in [-0.2, 0) is 6.54 Å². The van der Waals surface area contributed by atoms with Crippen molar-refractivity contribution in [2.45, 2.75) is 52.5 Å². The largest absolute Gasteiger partial charge is 0.497 e. The van der Waals surface area contributed by atoms with Gasteiger partial charge in [-0.05, 0) is 37.6 Å². The number of unbranched alkanes of at least 4 members (excludes halogenated alkanes) is 4. The van der Waals surface area contributed by atoms with Gasteiger partial charge >= 0.3 is 0 Å². The van der Waals surface area contributed by atoms with Crippen LogP contribution < -0.4 is 10.3 Å². The second-order valence-electron chi connectivity index (χ2n) is 6.94. The molecule has 5 nitrogen and oxygen atoms in total. The summed E-state index contributed by atoms with van der Waals surface area (Å²) in [5.74, 6) is 0.695. The number of methoxy groups -OCH3 is 1. The van der Waals surface area contributed by atoms with E-state index in [1.807, 2.05) is 18.2 Å². The first-order chi connectivity index (χ1) is 13.6. The van der Waals surface area contributed by atoms with Gasteiger partial charge in [0.05, 0.1) is 12.1 Å². The molecule has 0 atom stereocenters. The van der Waals surface area contributed by atoms with Crippen molar-refractivity contribution in [1.82, 2.24) is 14.5 Å². The number of aryl methyl sites for hydroxylation is 2. The van der Waals surface area contributed by atoms with Crippen LogP contribution in [0.2, 0.25) is 5.02 Å². The van der Waals surface area contributed by atoms with Crippen molar-refractivity contribution in [2.75, 3.05) is 7.11 Å². The summed E-state index contributed by atoms with van der Waals surface area (Å²) < 4.78 is 7.00. The molecule has 2 heterocycles. The van der Waals surface area contributed by atoms with Crippen molar-refractivity contribution in [3.8, 4) is 16.9 Å². The van der Waals surface area contributed by atoms with Crippen molar-refractivity contribution in [3.05, 3.63) is 51.5 Å². The van der Waals surface area contributed by atoms with E-state index in [4.69, 9.17) is 16.3 Å². The molecule has 0 spiro atoms. The molecule has 0 aliphatic carbocycles. The summed E-state index contributed by atoms with van der Waals surface area (Å²) in [6, 6.07) is 7.44. The fourth-order valence-electron chi connectivity index (χ4n) is 3.40. The van der Waals surface area contributed by atoms with Gasteiger partial charge in [0.1, 0.15) is 17.0 Å². The molecule has 0 unspecified atom stereocenters. The maximum absolute atomic E-state index is 12.7. The Hall–Kier alpha value is -2.40. The highest BCUT2D eigenvalue weighted by Crippen LogP contribution is 2.34. The molecule has 0 bridgehead atoms. The summed E-state index contributed by atoms with van der Waals surface area (Å²) in [7, 11) is 1.61. The Morgan fingerprint density at radius 3 is 2.61 bits per heavy atom. The number of ether oxygens (including phenoxy) is 1. The summed E-state index contributed by atoms with van der Waals surface area (Å²) in [5, 5.41) is 0.573. The highest BCUT2D eigenvalue weighted by Gasteiger charge is 2.15. The van der Waals surface area contributed by atoms with Crippen molar-refractivity contribution < 1.29 is 4.74 Å². The predicted molar refractivity (Wildman–Crippen MR) is 114 cm³/mol. The Morgan fingerprint density at radius 2 is 1.89 bits per heavy atom. The minimum absolute atomic E-state index is 0.0755. The predicted octanol–water partition coefficient (Wildman–Crippen LogP) is 5.40. The van der Waals surface area contributed by atoms with Gasteiger partial charge in [-0.3, -0.25) is 9.36 Å². The quantitative estimate of drug-likeness (QED) is 0.476. The van der Waals surface area contributed by atoms with E-state index in [-0.39, 0.29) is 5.56 Å². The van der Waals surface area contributed by atoms with Crippen LogP contribution in [0.5, 0.6) is 5.75 Å². The fraction of sp³-hybridized carbons (Fsp3) is 0.409. The van der Waals surface area contributed by atoms with Crippen LogP contribution in [0.25, 0.3) is 22.3 Å². The number of aromatic nitrogens is 3. The van der Waals surface area contributed by atoms with Crippen molar-refractivity contribution in [2.24, 2.45) is 0 Å². The smallest absolute Gasteiger partial charge is 0.273 e. The van der Waals surface area contributed by atoms with E-state index in [1.165, 1.54) is 19.3 Å². The monoisotopic (exact) mass is 399 g/mol. The molecule has 3 aromatic rings. The van der Waals surface area contributed by atoms with E-state index in [2.05, 4.69) is 16.9 Å². The molecule has 3 rings (SSSR count). The normalized spacial score (nSPS) is 11.1. The number of pyridine rings is 1. The van der Waals surface area contributed by atoms with Gasteiger partial charge in [0.25, 0.3) is 5.56 Å². The lowest BCUT2D eigenvalue weighted by atomic mass is 10.1. The van der Waals surface area contributed by atoms with Gasteiger partial charge in [0, 0.05) is 23.9 Å². The maximum Gasteiger partial charge on any atom is 0.273 e. The number of nitrogens with zero attached hydrogens (tertiary/aromatic N) is 3. The molecule has 0 saturated carbocycles. The van der Waals surface area contributed by atoms with Gasteiger partial charge in [0.15, 0.2) is 5.65 Å². The number of benzene rings is 1.